The number of ether oxygens (including phenoxy) is 2. The zero-order valence-electron chi connectivity index (χ0n) is 21.3. The molecular formula is C30H32N2O6. The van der Waals surface area contributed by atoms with Gasteiger partial charge in [0.25, 0.3) is 0 Å². The Morgan fingerprint density at radius 2 is 0.947 bits per heavy atom. The monoisotopic (exact) mass is 516 g/mol. The van der Waals surface area contributed by atoms with Crippen molar-refractivity contribution in [3.8, 4) is 11.5 Å². The van der Waals surface area contributed by atoms with Crippen LogP contribution in [-0.4, -0.2) is 45.3 Å². The molecule has 2 aromatic carbocycles. The van der Waals surface area contributed by atoms with E-state index in [1.54, 1.807) is 12.1 Å². The summed E-state index contributed by atoms with van der Waals surface area (Å²) in [6.07, 6.45) is 8.65. The molecule has 0 atom stereocenters. The van der Waals surface area contributed by atoms with Crippen LogP contribution in [0.5, 0.6) is 11.5 Å². The maximum absolute atomic E-state index is 11.2. The number of hydrogen-bond acceptors (Lipinski definition) is 6. The summed E-state index contributed by atoms with van der Waals surface area (Å²) in [6, 6.07) is 17.7. The Morgan fingerprint density at radius 3 is 1.34 bits per heavy atom. The number of para-hydroxylation sites is 2. The Hall–Kier alpha value is -4.20. The SMILES string of the molecule is O=C(O)c1ccc2cccc(OCCCCCCCCCCOc3cccc4ccc(C(=O)O)nc34)c2n1. The first kappa shape index (κ1) is 26.9. The highest BCUT2D eigenvalue weighted by Crippen LogP contribution is 2.25. The first-order chi connectivity index (χ1) is 18.5. The average Bonchev–Trinajstić information content (AvgIpc) is 2.93. The summed E-state index contributed by atoms with van der Waals surface area (Å²) in [4.78, 5) is 30.9. The van der Waals surface area contributed by atoms with E-state index in [0.717, 1.165) is 49.3 Å². The molecule has 0 aliphatic carbocycles. The fraction of sp³-hybridized carbons (Fsp3) is 0.333. The molecule has 4 aromatic rings. The van der Waals surface area contributed by atoms with Gasteiger partial charge in [-0.3, -0.25) is 0 Å². The molecule has 2 aromatic heterocycles. The molecule has 0 saturated heterocycles. The van der Waals surface area contributed by atoms with Gasteiger partial charge in [0.05, 0.1) is 13.2 Å². The number of unbranched alkanes of at least 4 members (excludes halogenated alkanes) is 7. The molecule has 38 heavy (non-hydrogen) atoms. The van der Waals surface area contributed by atoms with Gasteiger partial charge in [0.2, 0.25) is 0 Å². The highest BCUT2D eigenvalue weighted by Gasteiger charge is 2.10. The number of pyridine rings is 2. The summed E-state index contributed by atoms with van der Waals surface area (Å²) in [7, 11) is 0. The molecule has 8 nitrogen and oxygen atoms in total. The van der Waals surface area contributed by atoms with Crippen LogP contribution >= 0.6 is 0 Å². The summed E-state index contributed by atoms with van der Waals surface area (Å²) in [5, 5.41) is 20.1. The van der Waals surface area contributed by atoms with Crippen molar-refractivity contribution in [2.45, 2.75) is 51.4 Å². The van der Waals surface area contributed by atoms with Gasteiger partial charge < -0.3 is 19.7 Å². The fourth-order valence-corrected chi connectivity index (χ4v) is 4.34. The molecule has 2 N–H and O–H groups in total. The molecule has 0 bridgehead atoms. The van der Waals surface area contributed by atoms with Crippen LogP contribution in [-0.2, 0) is 0 Å². The molecule has 198 valence electrons. The van der Waals surface area contributed by atoms with Gasteiger partial charge >= 0.3 is 11.9 Å². The lowest BCUT2D eigenvalue weighted by molar-refractivity contribution is 0.0680. The minimum Gasteiger partial charge on any atom is -0.491 e. The number of nitrogens with zero attached hydrogens (tertiary/aromatic N) is 2. The zero-order chi connectivity index (χ0) is 26.7. The normalized spacial score (nSPS) is 11.1. The number of aromatic carboxylic acids is 2. The second kappa shape index (κ2) is 13.4. The predicted molar refractivity (Wildman–Crippen MR) is 145 cm³/mol. The van der Waals surface area contributed by atoms with Crippen molar-refractivity contribution in [3.05, 3.63) is 72.1 Å². The van der Waals surface area contributed by atoms with E-state index in [9.17, 15) is 19.8 Å². The van der Waals surface area contributed by atoms with Crippen molar-refractivity contribution in [1.82, 2.24) is 9.97 Å². The second-order valence-corrected chi connectivity index (χ2v) is 9.18. The third kappa shape index (κ3) is 7.18. The molecular weight excluding hydrogens is 484 g/mol. The lowest BCUT2D eigenvalue weighted by Crippen LogP contribution is -2.02. The third-order valence-electron chi connectivity index (χ3n) is 6.36. The number of carbonyl (C=O) groups is 2. The van der Waals surface area contributed by atoms with Gasteiger partial charge in [0, 0.05) is 10.8 Å². The van der Waals surface area contributed by atoms with Crippen molar-refractivity contribution >= 4 is 33.7 Å². The maximum atomic E-state index is 11.2. The standard InChI is InChI=1S/C30H32N2O6/c33-29(34)23-17-15-21-11-9-13-25(27(21)31-23)37-19-7-5-3-1-2-4-6-8-20-38-26-14-10-12-22-16-18-24(30(35)36)32-28(22)26/h9-18H,1-8,19-20H2,(H,33,34)(H,35,36). The van der Waals surface area contributed by atoms with Gasteiger partial charge in [-0.2, -0.15) is 0 Å². The van der Waals surface area contributed by atoms with Crippen molar-refractivity contribution in [2.75, 3.05) is 13.2 Å². The van der Waals surface area contributed by atoms with Gasteiger partial charge in [-0.05, 0) is 37.1 Å². The van der Waals surface area contributed by atoms with Crippen molar-refractivity contribution in [2.24, 2.45) is 0 Å². The van der Waals surface area contributed by atoms with Crippen LogP contribution in [0.15, 0.2) is 60.7 Å². The molecule has 0 amide bonds. The molecule has 0 aliphatic rings. The predicted octanol–water partition coefficient (Wildman–Crippen LogP) is 6.76. The van der Waals surface area contributed by atoms with Crippen LogP contribution < -0.4 is 9.47 Å². The van der Waals surface area contributed by atoms with Crippen LogP contribution in [0.1, 0.15) is 72.3 Å². The van der Waals surface area contributed by atoms with Crippen molar-refractivity contribution in [3.63, 3.8) is 0 Å². The first-order valence-electron chi connectivity index (χ1n) is 13.0. The second-order valence-electron chi connectivity index (χ2n) is 9.18. The minimum atomic E-state index is -1.05. The molecule has 0 fully saturated rings. The number of aromatic nitrogens is 2. The number of benzene rings is 2. The third-order valence-corrected chi connectivity index (χ3v) is 6.36. The summed E-state index contributed by atoms with van der Waals surface area (Å²) in [5.41, 5.74) is 1.19. The summed E-state index contributed by atoms with van der Waals surface area (Å²) < 4.78 is 11.8. The summed E-state index contributed by atoms with van der Waals surface area (Å²) >= 11 is 0. The van der Waals surface area contributed by atoms with Crippen molar-refractivity contribution in [1.29, 1.82) is 0 Å². The van der Waals surface area contributed by atoms with E-state index in [4.69, 9.17) is 9.47 Å². The molecule has 4 rings (SSSR count). The number of carboxylic acids is 2. The number of fused-ring (bicyclic) bond motifs is 2. The van der Waals surface area contributed by atoms with E-state index in [1.165, 1.54) is 25.0 Å². The van der Waals surface area contributed by atoms with Gasteiger partial charge in [-0.1, -0.05) is 74.9 Å². The molecule has 0 spiro atoms. The quantitative estimate of drug-likeness (QED) is 0.166. The number of carboxylic acid groups (broad SMARTS) is 2. The Balaban J connectivity index is 1.08. The molecule has 0 saturated carbocycles. The van der Waals surface area contributed by atoms with E-state index >= 15 is 0 Å². The molecule has 0 unspecified atom stereocenters. The highest BCUT2D eigenvalue weighted by atomic mass is 16.5. The largest absolute Gasteiger partial charge is 0.491 e. The van der Waals surface area contributed by atoms with Crippen LogP contribution in [0.4, 0.5) is 0 Å². The average molecular weight is 517 g/mol. The Labute approximate surface area is 221 Å². The highest BCUT2D eigenvalue weighted by molar-refractivity contribution is 5.92. The lowest BCUT2D eigenvalue weighted by atomic mass is 10.1. The van der Waals surface area contributed by atoms with Gasteiger partial charge in [0.1, 0.15) is 33.9 Å². The molecule has 0 radical (unpaired) electrons. The van der Waals surface area contributed by atoms with E-state index in [1.807, 2.05) is 36.4 Å². The van der Waals surface area contributed by atoms with Gasteiger partial charge in [-0.25, -0.2) is 19.6 Å². The number of hydrogen-bond donors (Lipinski definition) is 2. The van der Waals surface area contributed by atoms with Gasteiger partial charge in [-0.15, -0.1) is 0 Å². The Bertz CT molecular complexity index is 1300. The minimum absolute atomic E-state index is 0.0139. The lowest BCUT2D eigenvalue weighted by Gasteiger charge is -2.10. The van der Waals surface area contributed by atoms with Crippen LogP contribution in [0.25, 0.3) is 21.8 Å². The topological polar surface area (TPSA) is 119 Å². The van der Waals surface area contributed by atoms with Crippen molar-refractivity contribution < 1.29 is 29.3 Å². The smallest absolute Gasteiger partial charge is 0.354 e. The summed E-state index contributed by atoms with van der Waals surface area (Å²) in [6.45, 7) is 1.15. The first-order valence-corrected chi connectivity index (χ1v) is 13.0. The van der Waals surface area contributed by atoms with Crippen LogP contribution in [0, 0.1) is 0 Å². The van der Waals surface area contributed by atoms with E-state index in [-0.39, 0.29) is 11.4 Å². The van der Waals surface area contributed by atoms with Gasteiger partial charge in [0.15, 0.2) is 0 Å². The van der Waals surface area contributed by atoms with E-state index < -0.39 is 11.9 Å². The Kier molecular flexibility index (Phi) is 9.45. The molecule has 8 heteroatoms. The van der Waals surface area contributed by atoms with E-state index in [0.29, 0.717) is 35.7 Å². The molecule has 2 heterocycles. The summed E-state index contributed by atoms with van der Waals surface area (Å²) in [5.74, 6) is -0.858. The zero-order valence-corrected chi connectivity index (χ0v) is 21.3. The molecule has 0 aliphatic heterocycles. The maximum Gasteiger partial charge on any atom is 0.354 e. The Morgan fingerprint density at radius 1 is 0.553 bits per heavy atom. The number of rotatable bonds is 15. The fourth-order valence-electron chi connectivity index (χ4n) is 4.34. The van der Waals surface area contributed by atoms with E-state index in [2.05, 4.69) is 9.97 Å². The van der Waals surface area contributed by atoms with Crippen LogP contribution in [0.3, 0.4) is 0 Å². The van der Waals surface area contributed by atoms with Crippen LogP contribution in [0.2, 0.25) is 0 Å².